The predicted molar refractivity (Wildman–Crippen MR) is 104 cm³/mol. The molecule has 6 nitrogen and oxygen atoms in total. The summed E-state index contributed by atoms with van der Waals surface area (Å²) < 4.78 is 0. The molecular weight excluding hydrogens is 364 g/mol. The number of fused-ring (bicyclic) bond motifs is 2. The van der Waals surface area contributed by atoms with E-state index in [1.54, 1.807) is 18.2 Å². The number of nitrogens with one attached hydrogen (secondary N) is 1. The molecule has 1 unspecified atom stereocenters. The number of benzene rings is 3. The number of aromatic nitrogens is 3. The number of halogens is 1. The molecule has 1 atom stereocenters. The summed E-state index contributed by atoms with van der Waals surface area (Å²) in [7, 11) is 0. The van der Waals surface area contributed by atoms with Gasteiger partial charge < -0.3 is 10.2 Å². The molecule has 7 heteroatoms. The number of carbonyl (C=O) groups is 1. The average molecular weight is 381 g/mol. The van der Waals surface area contributed by atoms with Crippen LogP contribution in [0.4, 0.5) is 0 Å². The van der Waals surface area contributed by atoms with Crippen molar-refractivity contribution < 1.29 is 9.63 Å². The molecule has 0 spiro atoms. The van der Waals surface area contributed by atoms with Gasteiger partial charge >= 0.3 is 0 Å². The Kier molecular flexibility index (Phi) is 4.64. The van der Waals surface area contributed by atoms with Crippen LogP contribution in [0.1, 0.15) is 18.5 Å². The van der Waals surface area contributed by atoms with E-state index in [-0.39, 0.29) is 18.6 Å². The van der Waals surface area contributed by atoms with Gasteiger partial charge in [-0.2, -0.15) is 0 Å². The summed E-state index contributed by atoms with van der Waals surface area (Å²) in [6.45, 7) is 1.76. The third kappa shape index (κ3) is 3.71. The Hall–Kier alpha value is -3.12. The maximum absolute atomic E-state index is 12.3. The first-order chi connectivity index (χ1) is 13.1. The lowest BCUT2D eigenvalue weighted by Gasteiger charge is -2.15. The van der Waals surface area contributed by atoms with Crippen LogP contribution in [0.3, 0.4) is 0 Å². The van der Waals surface area contributed by atoms with Crippen molar-refractivity contribution in [3.05, 3.63) is 71.2 Å². The zero-order chi connectivity index (χ0) is 18.8. The van der Waals surface area contributed by atoms with Crippen molar-refractivity contribution in [1.82, 2.24) is 20.5 Å². The quantitative estimate of drug-likeness (QED) is 0.575. The SMILES string of the molecule is CC(NC(=O)COn1nnc2ccc(Cl)cc21)c1ccc2ccccc2c1. The molecule has 0 aliphatic heterocycles. The van der Waals surface area contributed by atoms with Crippen molar-refractivity contribution in [2.24, 2.45) is 0 Å². The van der Waals surface area contributed by atoms with Gasteiger partial charge in [0, 0.05) is 5.02 Å². The Morgan fingerprint density at radius 1 is 1.15 bits per heavy atom. The van der Waals surface area contributed by atoms with Crippen LogP contribution >= 0.6 is 11.6 Å². The highest BCUT2D eigenvalue weighted by Gasteiger charge is 2.12. The van der Waals surface area contributed by atoms with Crippen LogP contribution in [0.25, 0.3) is 21.8 Å². The summed E-state index contributed by atoms with van der Waals surface area (Å²) in [5.41, 5.74) is 2.28. The first-order valence-electron chi connectivity index (χ1n) is 8.52. The van der Waals surface area contributed by atoms with E-state index < -0.39 is 0 Å². The van der Waals surface area contributed by atoms with Crippen LogP contribution in [0.2, 0.25) is 5.02 Å². The third-order valence-corrected chi connectivity index (χ3v) is 4.58. The molecule has 1 aromatic heterocycles. The molecule has 0 saturated carbocycles. The van der Waals surface area contributed by atoms with Crippen molar-refractivity contribution in [2.45, 2.75) is 13.0 Å². The van der Waals surface area contributed by atoms with E-state index in [9.17, 15) is 4.79 Å². The standard InChI is InChI=1S/C20H17ClN4O2/c1-13(15-7-6-14-4-2-3-5-16(14)10-15)22-20(26)12-27-25-19-11-17(21)8-9-18(19)23-24-25/h2-11,13H,12H2,1H3,(H,22,26). The van der Waals surface area contributed by atoms with Gasteiger partial charge in [0.1, 0.15) is 11.0 Å². The van der Waals surface area contributed by atoms with Gasteiger partial charge in [0.15, 0.2) is 6.61 Å². The predicted octanol–water partition coefficient (Wildman–Crippen LogP) is 3.54. The van der Waals surface area contributed by atoms with E-state index >= 15 is 0 Å². The van der Waals surface area contributed by atoms with E-state index in [0.29, 0.717) is 16.1 Å². The second kappa shape index (κ2) is 7.25. The number of nitrogens with zero attached hydrogens (tertiary/aromatic N) is 3. The van der Waals surface area contributed by atoms with Crippen LogP contribution in [0, 0.1) is 0 Å². The normalized spacial score (nSPS) is 12.2. The molecule has 0 saturated heterocycles. The molecule has 1 amide bonds. The van der Waals surface area contributed by atoms with Gasteiger partial charge in [-0.05, 0) is 52.7 Å². The smallest absolute Gasteiger partial charge is 0.261 e. The summed E-state index contributed by atoms with van der Waals surface area (Å²) in [5.74, 6) is -0.249. The minimum atomic E-state index is -0.249. The fourth-order valence-corrected chi connectivity index (χ4v) is 3.10. The molecule has 0 aliphatic rings. The molecule has 0 aliphatic carbocycles. The molecule has 4 rings (SSSR count). The first kappa shape index (κ1) is 17.3. The van der Waals surface area contributed by atoms with Crippen LogP contribution < -0.4 is 10.2 Å². The summed E-state index contributed by atoms with van der Waals surface area (Å²) in [4.78, 5) is 18.9. The number of hydrogen-bond acceptors (Lipinski definition) is 4. The second-order valence-electron chi connectivity index (χ2n) is 6.26. The molecule has 1 N–H and O–H groups in total. The highest BCUT2D eigenvalue weighted by Crippen LogP contribution is 2.20. The Labute approximate surface area is 160 Å². The Morgan fingerprint density at radius 3 is 2.81 bits per heavy atom. The maximum atomic E-state index is 12.3. The number of amides is 1. The Bertz CT molecular complexity index is 1130. The molecule has 136 valence electrons. The van der Waals surface area contributed by atoms with Gasteiger partial charge in [0.2, 0.25) is 0 Å². The average Bonchev–Trinajstić information content (AvgIpc) is 3.08. The van der Waals surface area contributed by atoms with Crippen LogP contribution in [0.5, 0.6) is 0 Å². The molecule has 27 heavy (non-hydrogen) atoms. The summed E-state index contributed by atoms with van der Waals surface area (Å²) >= 11 is 5.98. The van der Waals surface area contributed by atoms with Crippen molar-refractivity contribution in [2.75, 3.05) is 6.61 Å². The van der Waals surface area contributed by atoms with Crippen molar-refractivity contribution in [3.63, 3.8) is 0 Å². The van der Waals surface area contributed by atoms with E-state index in [4.69, 9.17) is 16.4 Å². The monoisotopic (exact) mass is 380 g/mol. The van der Waals surface area contributed by atoms with E-state index in [2.05, 4.69) is 39.9 Å². The van der Waals surface area contributed by atoms with Gasteiger partial charge in [0.25, 0.3) is 5.91 Å². The fraction of sp³-hybridized carbons (Fsp3) is 0.150. The van der Waals surface area contributed by atoms with Crippen LogP contribution in [-0.4, -0.2) is 27.7 Å². The fourth-order valence-electron chi connectivity index (χ4n) is 2.93. The van der Waals surface area contributed by atoms with Gasteiger partial charge in [-0.15, -0.1) is 5.10 Å². The van der Waals surface area contributed by atoms with Crippen LogP contribution in [0.15, 0.2) is 60.7 Å². The van der Waals surface area contributed by atoms with Crippen molar-refractivity contribution >= 4 is 39.3 Å². The minimum Gasteiger partial charge on any atom is -0.385 e. The van der Waals surface area contributed by atoms with Crippen molar-refractivity contribution in [1.29, 1.82) is 0 Å². The minimum absolute atomic E-state index is 0.146. The molecular formula is C20H17ClN4O2. The molecule has 0 fully saturated rings. The van der Waals surface area contributed by atoms with Gasteiger partial charge in [-0.1, -0.05) is 52.8 Å². The second-order valence-corrected chi connectivity index (χ2v) is 6.70. The lowest BCUT2D eigenvalue weighted by molar-refractivity contribution is -0.127. The van der Waals surface area contributed by atoms with Gasteiger partial charge in [0.05, 0.1) is 6.04 Å². The van der Waals surface area contributed by atoms with Gasteiger partial charge in [-0.3, -0.25) is 4.79 Å². The Balaban J connectivity index is 1.41. The topological polar surface area (TPSA) is 69.0 Å². The number of hydrogen-bond donors (Lipinski definition) is 1. The lowest BCUT2D eigenvalue weighted by atomic mass is 10.0. The van der Waals surface area contributed by atoms with E-state index in [0.717, 1.165) is 10.9 Å². The first-order valence-corrected chi connectivity index (χ1v) is 8.90. The molecule has 1 heterocycles. The van der Waals surface area contributed by atoms with E-state index in [1.807, 2.05) is 25.1 Å². The molecule has 0 radical (unpaired) electrons. The highest BCUT2D eigenvalue weighted by atomic mass is 35.5. The molecule has 4 aromatic rings. The summed E-state index contributed by atoms with van der Waals surface area (Å²) in [5, 5.41) is 13.6. The summed E-state index contributed by atoms with van der Waals surface area (Å²) in [6, 6.07) is 19.3. The van der Waals surface area contributed by atoms with Gasteiger partial charge in [-0.25, -0.2) is 0 Å². The molecule has 0 bridgehead atoms. The van der Waals surface area contributed by atoms with Crippen molar-refractivity contribution in [3.8, 4) is 0 Å². The largest absolute Gasteiger partial charge is 0.385 e. The lowest BCUT2D eigenvalue weighted by Crippen LogP contribution is -2.33. The third-order valence-electron chi connectivity index (χ3n) is 4.35. The maximum Gasteiger partial charge on any atom is 0.261 e. The van der Waals surface area contributed by atoms with Crippen LogP contribution in [-0.2, 0) is 4.79 Å². The molecule has 3 aromatic carbocycles. The number of carbonyl (C=O) groups excluding carboxylic acids is 1. The van der Waals surface area contributed by atoms with E-state index in [1.165, 1.54) is 10.2 Å². The number of rotatable bonds is 5. The zero-order valence-electron chi connectivity index (χ0n) is 14.6. The zero-order valence-corrected chi connectivity index (χ0v) is 15.3. The highest BCUT2D eigenvalue weighted by molar-refractivity contribution is 6.31. The Morgan fingerprint density at radius 2 is 1.96 bits per heavy atom. The summed E-state index contributed by atoms with van der Waals surface area (Å²) in [6.07, 6.45) is 0.